The third-order valence-electron chi connectivity index (χ3n) is 0. The summed E-state index contributed by atoms with van der Waals surface area (Å²) >= 11 is 0.889. The van der Waals surface area contributed by atoms with E-state index < -0.39 is 0 Å². The van der Waals surface area contributed by atoms with E-state index in [9.17, 15) is 0 Å². The van der Waals surface area contributed by atoms with Crippen molar-refractivity contribution in [2.24, 2.45) is 0 Å². The molecule has 0 amide bonds. The molecule has 0 radical (unpaired) electrons. The standard InChI is InChI=1S/Fe.2O.Pt/q+2;;-2;. The van der Waals surface area contributed by atoms with Crippen LogP contribution in [0, 0.1) is 0 Å². The third kappa shape index (κ3) is 12.3. The first-order chi connectivity index (χ1) is 1.00. The first-order valence-electron chi connectivity index (χ1n) is 0.129. The fraction of sp³-hybridized carbons (Fsp3) is 0. The van der Waals surface area contributed by atoms with E-state index in [1.165, 1.54) is 0 Å². The SMILES string of the molecule is [Fe+2].[O-2].[O]=[Pt]. The average Bonchev–Trinajstić information content (AvgIpc) is 1.00. The topological polar surface area (TPSA) is 45.6 Å². The van der Waals surface area contributed by atoms with Crippen molar-refractivity contribution < 1.29 is 45.7 Å². The minimum atomic E-state index is 0. The maximum atomic E-state index is 8.22. The van der Waals surface area contributed by atoms with Crippen LogP contribution < -0.4 is 0 Å². The second kappa shape index (κ2) is 37.3. The van der Waals surface area contributed by atoms with Crippen LogP contribution in [-0.2, 0) is 45.7 Å². The number of hydrogen-bond acceptors (Lipinski definition) is 1. The summed E-state index contributed by atoms with van der Waals surface area (Å²) in [5.41, 5.74) is 0. The molecule has 0 aliphatic carbocycles. The van der Waals surface area contributed by atoms with Gasteiger partial charge in [0, 0.05) is 0 Å². The van der Waals surface area contributed by atoms with Crippen molar-refractivity contribution in [2.45, 2.75) is 0 Å². The molecule has 0 saturated carbocycles. The van der Waals surface area contributed by atoms with E-state index in [-0.39, 0.29) is 22.5 Å². The summed E-state index contributed by atoms with van der Waals surface area (Å²) in [5, 5.41) is 0. The van der Waals surface area contributed by atoms with E-state index in [2.05, 4.69) is 0 Å². The molecular weight excluding hydrogens is 283 g/mol. The Morgan fingerprint density at radius 1 is 1.25 bits per heavy atom. The van der Waals surface area contributed by atoms with Crippen LogP contribution in [0.2, 0.25) is 0 Å². The third-order valence-corrected chi connectivity index (χ3v) is 0. The molecule has 0 aromatic carbocycles. The van der Waals surface area contributed by atoms with E-state index in [4.69, 9.17) is 3.40 Å². The van der Waals surface area contributed by atoms with E-state index in [0.717, 1.165) is 19.8 Å². The molecule has 4 heavy (non-hydrogen) atoms. The summed E-state index contributed by atoms with van der Waals surface area (Å²) in [4.78, 5) is 0. The van der Waals surface area contributed by atoms with Gasteiger partial charge in [0.2, 0.25) is 0 Å². The molecule has 0 fully saturated rings. The zero-order chi connectivity index (χ0) is 2.00. The Morgan fingerprint density at radius 2 is 1.25 bits per heavy atom. The molecule has 0 aromatic heterocycles. The van der Waals surface area contributed by atoms with Crippen molar-refractivity contribution in [3.8, 4) is 0 Å². The summed E-state index contributed by atoms with van der Waals surface area (Å²) in [6.07, 6.45) is 0. The molecule has 0 atom stereocenters. The van der Waals surface area contributed by atoms with Gasteiger partial charge in [-0.05, 0) is 0 Å². The molecule has 0 spiro atoms. The zero-order valence-electron chi connectivity index (χ0n) is 1.49. The molecule has 30 valence electrons. The van der Waals surface area contributed by atoms with Crippen LogP contribution in [0.4, 0.5) is 0 Å². The van der Waals surface area contributed by atoms with Crippen molar-refractivity contribution in [3.63, 3.8) is 0 Å². The van der Waals surface area contributed by atoms with Gasteiger partial charge in [-0.15, -0.1) is 0 Å². The predicted octanol–water partition coefficient (Wildman–Crippen LogP) is -0.243. The van der Waals surface area contributed by atoms with Gasteiger partial charge in [0.15, 0.2) is 0 Å². The normalized spacial score (nSPS) is 1.50. The zero-order valence-corrected chi connectivity index (χ0v) is 4.86. The van der Waals surface area contributed by atoms with E-state index in [1.807, 2.05) is 0 Å². The van der Waals surface area contributed by atoms with Crippen LogP contribution >= 0.6 is 0 Å². The van der Waals surface area contributed by atoms with Crippen LogP contribution in [0.1, 0.15) is 0 Å². The fourth-order valence-electron chi connectivity index (χ4n) is 0. The molecule has 0 saturated heterocycles. The first kappa shape index (κ1) is 20.2. The van der Waals surface area contributed by atoms with Crippen molar-refractivity contribution in [2.75, 3.05) is 0 Å². The van der Waals surface area contributed by atoms with Gasteiger partial charge in [-0.25, -0.2) is 0 Å². The summed E-state index contributed by atoms with van der Waals surface area (Å²) in [5.74, 6) is 0. The fourth-order valence-corrected chi connectivity index (χ4v) is 0. The molecule has 0 heterocycles. The first-order valence-corrected chi connectivity index (χ1v) is 1.06. The summed E-state index contributed by atoms with van der Waals surface area (Å²) in [7, 11) is 0. The Balaban J connectivity index is -0.00000000500. The van der Waals surface area contributed by atoms with Gasteiger partial charge in [0.25, 0.3) is 0 Å². The molecule has 0 aliphatic heterocycles. The van der Waals surface area contributed by atoms with Crippen LogP contribution in [0.25, 0.3) is 0 Å². The second-order valence-corrected chi connectivity index (χ2v) is 0. The summed E-state index contributed by atoms with van der Waals surface area (Å²) in [6, 6.07) is 0. The van der Waals surface area contributed by atoms with Crippen LogP contribution in [-0.4, -0.2) is 0 Å². The molecule has 0 bridgehead atoms. The van der Waals surface area contributed by atoms with Crippen molar-refractivity contribution in [1.82, 2.24) is 0 Å². The summed E-state index contributed by atoms with van der Waals surface area (Å²) < 4.78 is 8.22. The molecule has 0 aliphatic rings. The molecular formula is FeO2Pt. The summed E-state index contributed by atoms with van der Waals surface area (Å²) in [6.45, 7) is 0. The number of hydrogen-bond donors (Lipinski definition) is 0. The Hall–Kier alpha value is 0.968. The molecule has 0 rings (SSSR count). The Labute approximate surface area is 45.9 Å². The van der Waals surface area contributed by atoms with Crippen LogP contribution in [0.5, 0.6) is 0 Å². The van der Waals surface area contributed by atoms with Crippen molar-refractivity contribution >= 4 is 0 Å². The van der Waals surface area contributed by atoms with Gasteiger partial charge in [0.05, 0.1) is 0 Å². The van der Waals surface area contributed by atoms with Gasteiger partial charge < -0.3 is 5.48 Å². The van der Waals surface area contributed by atoms with E-state index >= 15 is 0 Å². The van der Waals surface area contributed by atoms with Crippen LogP contribution in [0.3, 0.4) is 0 Å². The molecule has 0 aromatic rings. The van der Waals surface area contributed by atoms with Crippen molar-refractivity contribution in [3.05, 3.63) is 0 Å². The average molecular weight is 283 g/mol. The van der Waals surface area contributed by atoms with Gasteiger partial charge in [-0.1, -0.05) is 0 Å². The van der Waals surface area contributed by atoms with Crippen molar-refractivity contribution in [1.29, 1.82) is 0 Å². The van der Waals surface area contributed by atoms with E-state index in [1.54, 1.807) is 0 Å². The van der Waals surface area contributed by atoms with Gasteiger partial charge in [-0.2, -0.15) is 0 Å². The predicted molar refractivity (Wildman–Crippen MR) is 1.37 cm³/mol. The Bertz CT molecular complexity index is 6.00. The Kier molecular flexibility index (Phi) is 188. The minimum absolute atomic E-state index is 0. The van der Waals surface area contributed by atoms with E-state index in [0.29, 0.717) is 0 Å². The molecule has 0 N–H and O–H groups in total. The second-order valence-electron chi connectivity index (χ2n) is 0. The maximum absolute atomic E-state index is 8.22. The van der Waals surface area contributed by atoms with Gasteiger partial charge >= 0.3 is 40.2 Å². The molecule has 4 heteroatoms. The quantitative estimate of drug-likeness (QED) is 0.566. The Morgan fingerprint density at radius 3 is 1.25 bits per heavy atom. The number of rotatable bonds is 0. The molecule has 2 nitrogen and oxygen atoms in total. The van der Waals surface area contributed by atoms with Crippen LogP contribution in [0.15, 0.2) is 0 Å². The monoisotopic (exact) mass is 283 g/mol. The van der Waals surface area contributed by atoms with Gasteiger partial charge in [-0.3, -0.25) is 0 Å². The molecule has 0 unspecified atom stereocenters. The van der Waals surface area contributed by atoms with Gasteiger partial charge in [0.1, 0.15) is 0 Å².